The van der Waals surface area contributed by atoms with E-state index in [1.54, 1.807) is 19.1 Å². The molecule has 0 radical (unpaired) electrons. The van der Waals surface area contributed by atoms with Crippen molar-refractivity contribution in [2.24, 2.45) is 0 Å². The quantitative estimate of drug-likeness (QED) is 0.465. The summed E-state index contributed by atoms with van der Waals surface area (Å²) < 4.78 is 10.4. The fourth-order valence-electron chi connectivity index (χ4n) is 2.78. The monoisotopic (exact) mass is 410 g/mol. The van der Waals surface area contributed by atoms with Crippen LogP contribution in [0.5, 0.6) is 0 Å². The number of rotatable bonds is 6. The van der Waals surface area contributed by atoms with Crippen molar-refractivity contribution in [3.8, 4) is 11.4 Å². The number of carbonyl (C=O) groups excluding carboxylic acids is 1. The van der Waals surface area contributed by atoms with Crippen LogP contribution in [0.1, 0.15) is 34.3 Å². The van der Waals surface area contributed by atoms with Crippen LogP contribution in [-0.4, -0.2) is 27.8 Å². The van der Waals surface area contributed by atoms with Crippen LogP contribution in [0.3, 0.4) is 0 Å². The summed E-state index contributed by atoms with van der Waals surface area (Å²) in [6.45, 7) is 6.21. The summed E-state index contributed by atoms with van der Waals surface area (Å²) in [5.74, 6) is 0.600. The average Bonchev–Trinajstić information content (AvgIpc) is 3.17. The second-order valence-corrected chi connectivity index (χ2v) is 6.74. The first kappa shape index (κ1) is 20.5. The van der Waals surface area contributed by atoms with Gasteiger partial charge in [-0.2, -0.15) is 4.98 Å². The van der Waals surface area contributed by atoms with Crippen molar-refractivity contribution in [1.29, 1.82) is 0 Å². The topological polar surface area (TPSA) is 89.3 Å². The number of benzene rings is 2. The highest BCUT2D eigenvalue weighted by Gasteiger charge is 2.14. The summed E-state index contributed by atoms with van der Waals surface area (Å²) in [5, 5.41) is 10.5. The van der Waals surface area contributed by atoms with Crippen LogP contribution in [0.4, 0.5) is 5.69 Å². The molecular formula is C21H22N4O3S. The van der Waals surface area contributed by atoms with Crippen molar-refractivity contribution >= 4 is 29.0 Å². The van der Waals surface area contributed by atoms with Gasteiger partial charge in [0.25, 0.3) is 0 Å². The standard InChI is InChI=1S/C21H22N4O3S/c1-4-27-20(26)16-10-7-11-17(14(16)3)23-21(29)22-12-18-24-19(25-28-18)15-9-6-5-8-13(15)2/h5-11H,4,12H2,1-3H3,(H2,22,23,29). The molecule has 0 amide bonds. The normalized spacial score (nSPS) is 10.4. The van der Waals surface area contributed by atoms with Gasteiger partial charge < -0.3 is 19.9 Å². The van der Waals surface area contributed by atoms with E-state index >= 15 is 0 Å². The lowest BCUT2D eigenvalue weighted by atomic mass is 10.1. The van der Waals surface area contributed by atoms with Gasteiger partial charge in [-0.25, -0.2) is 4.79 Å². The Morgan fingerprint density at radius 1 is 1.17 bits per heavy atom. The molecule has 0 spiro atoms. The molecule has 0 fully saturated rings. The molecule has 150 valence electrons. The van der Waals surface area contributed by atoms with Crippen molar-refractivity contribution in [2.75, 3.05) is 11.9 Å². The minimum absolute atomic E-state index is 0.279. The molecule has 1 heterocycles. The highest BCUT2D eigenvalue weighted by molar-refractivity contribution is 7.80. The SMILES string of the molecule is CCOC(=O)c1cccc(NC(=S)NCc2nc(-c3ccccc3C)no2)c1C. The number of ether oxygens (including phenoxy) is 1. The van der Waals surface area contributed by atoms with E-state index in [1.807, 2.05) is 44.2 Å². The first-order valence-corrected chi connectivity index (χ1v) is 9.60. The van der Waals surface area contributed by atoms with Crippen molar-refractivity contribution in [1.82, 2.24) is 15.5 Å². The highest BCUT2D eigenvalue weighted by atomic mass is 32.1. The summed E-state index contributed by atoms with van der Waals surface area (Å²) in [7, 11) is 0. The number of nitrogens with zero attached hydrogens (tertiary/aromatic N) is 2. The van der Waals surface area contributed by atoms with E-state index in [0.29, 0.717) is 29.0 Å². The zero-order chi connectivity index (χ0) is 20.8. The Labute approximate surface area is 174 Å². The minimum atomic E-state index is -0.359. The molecule has 1 aromatic heterocycles. The van der Waals surface area contributed by atoms with Gasteiger partial charge in [-0.3, -0.25) is 0 Å². The molecular weight excluding hydrogens is 388 g/mol. The second-order valence-electron chi connectivity index (χ2n) is 6.33. The number of thiocarbonyl (C=S) groups is 1. The fraction of sp³-hybridized carbons (Fsp3) is 0.238. The van der Waals surface area contributed by atoms with Crippen molar-refractivity contribution < 1.29 is 14.1 Å². The molecule has 2 aromatic carbocycles. The first-order valence-electron chi connectivity index (χ1n) is 9.19. The molecule has 7 nitrogen and oxygen atoms in total. The molecule has 29 heavy (non-hydrogen) atoms. The van der Waals surface area contributed by atoms with Gasteiger partial charge in [0.15, 0.2) is 5.11 Å². The Kier molecular flexibility index (Phi) is 6.56. The number of anilines is 1. The summed E-state index contributed by atoms with van der Waals surface area (Å²) in [6, 6.07) is 13.2. The Balaban J connectivity index is 1.62. The number of nitrogens with one attached hydrogen (secondary N) is 2. The Morgan fingerprint density at radius 3 is 2.72 bits per heavy atom. The van der Waals surface area contributed by atoms with Crippen LogP contribution in [0.25, 0.3) is 11.4 Å². The molecule has 0 saturated carbocycles. The van der Waals surface area contributed by atoms with Crippen LogP contribution < -0.4 is 10.6 Å². The van der Waals surface area contributed by atoms with E-state index in [0.717, 1.165) is 22.4 Å². The second kappa shape index (κ2) is 9.29. The van der Waals surface area contributed by atoms with Gasteiger partial charge in [0.1, 0.15) is 0 Å². The third-order valence-corrected chi connectivity index (χ3v) is 4.58. The summed E-state index contributed by atoms with van der Waals surface area (Å²) in [4.78, 5) is 16.4. The van der Waals surface area contributed by atoms with Gasteiger partial charge in [0, 0.05) is 11.3 Å². The van der Waals surface area contributed by atoms with E-state index in [2.05, 4.69) is 20.8 Å². The summed E-state index contributed by atoms with van der Waals surface area (Å²) in [6.07, 6.45) is 0. The molecule has 0 aliphatic rings. The van der Waals surface area contributed by atoms with E-state index in [9.17, 15) is 4.79 Å². The third-order valence-electron chi connectivity index (χ3n) is 4.33. The maximum Gasteiger partial charge on any atom is 0.338 e. The van der Waals surface area contributed by atoms with Crippen LogP contribution in [0.2, 0.25) is 0 Å². The Bertz CT molecular complexity index is 1030. The number of hydrogen-bond donors (Lipinski definition) is 2. The van der Waals surface area contributed by atoms with Crippen molar-refractivity contribution in [3.63, 3.8) is 0 Å². The maximum atomic E-state index is 12.0. The molecule has 2 N–H and O–H groups in total. The van der Waals surface area contributed by atoms with E-state index in [-0.39, 0.29) is 12.5 Å². The lowest BCUT2D eigenvalue weighted by molar-refractivity contribution is 0.0525. The van der Waals surface area contributed by atoms with Crippen LogP contribution in [-0.2, 0) is 11.3 Å². The largest absolute Gasteiger partial charge is 0.462 e. The van der Waals surface area contributed by atoms with Gasteiger partial charge >= 0.3 is 5.97 Å². The molecule has 0 saturated heterocycles. The number of aromatic nitrogens is 2. The third kappa shape index (κ3) is 4.97. The predicted octanol–water partition coefficient (Wildman–Crippen LogP) is 4.02. The van der Waals surface area contributed by atoms with E-state index < -0.39 is 0 Å². The molecule has 0 unspecified atom stereocenters. The Morgan fingerprint density at radius 2 is 1.97 bits per heavy atom. The average molecular weight is 410 g/mol. The zero-order valence-electron chi connectivity index (χ0n) is 16.5. The summed E-state index contributed by atoms with van der Waals surface area (Å²) >= 11 is 5.35. The van der Waals surface area contributed by atoms with Gasteiger partial charge in [-0.15, -0.1) is 0 Å². The van der Waals surface area contributed by atoms with E-state index in [4.69, 9.17) is 21.5 Å². The highest BCUT2D eigenvalue weighted by Crippen LogP contribution is 2.21. The number of carbonyl (C=O) groups is 1. The van der Waals surface area contributed by atoms with Gasteiger partial charge in [0.2, 0.25) is 11.7 Å². The lowest BCUT2D eigenvalue weighted by Gasteiger charge is -2.13. The molecule has 8 heteroatoms. The molecule has 3 aromatic rings. The van der Waals surface area contributed by atoms with Crippen LogP contribution >= 0.6 is 12.2 Å². The van der Waals surface area contributed by atoms with Crippen molar-refractivity contribution in [3.05, 3.63) is 65.0 Å². The zero-order valence-corrected chi connectivity index (χ0v) is 17.3. The molecule has 3 rings (SSSR count). The fourth-order valence-corrected chi connectivity index (χ4v) is 2.97. The van der Waals surface area contributed by atoms with Crippen LogP contribution in [0.15, 0.2) is 47.0 Å². The molecule has 0 aliphatic carbocycles. The lowest BCUT2D eigenvalue weighted by Crippen LogP contribution is -2.28. The minimum Gasteiger partial charge on any atom is -0.462 e. The van der Waals surface area contributed by atoms with Gasteiger partial charge in [-0.05, 0) is 56.2 Å². The maximum absolute atomic E-state index is 12.0. The molecule has 0 atom stereocenters. The molecule has 0 bridgehead atoms. The van der Waals surface area contributed by atoms with Gasteiger partial charge in [0.05, 0.1) is 18.7 Å². The van der Waals surface area contributed by atoms with Crippen LogP contribution in [0, 0.1) is 13.8 Å². The smallest absolute Gasteiger partial charge is 0.338 e. The predicted molar refractivity (Wildman–Crippen MR) is 115 cm³/mol. The number of esters is 1. The number of aryl methyl sites for hydroxylation is 1. The Hall–Kier alpha value is -3.26. The first-order chi connectivity index (χ1) is 14.0. The van der Waals surface area contributed by atoms with Gasteiger partial charge in [-0.1, -0.05) is 35.5 Å². The molecule has 0 aliphatic heterocycles. The number of hydrogen-bond acceptors (Lipinski definition) is 6. The summed E-state index contributed by atoms with van der Waals surface area (Å²) in [5.41, 5.74) is 3.98. The van der Waals surface area contributed by atoms with E-state index in [1.165, 1.54) is 0 Å². The van der Waals surface area contributed by atoms with Crippen molar-refractivity contribution in [2.45, 2.75) is 27.3 Å².